The van der Waals surface area contributed by atoms with E-state index in [2.05, 4.69) is 5.32 Å². The lowest BCUT2D eigenvalue weighted by atomic mass is 10.1. The van der Waals surface area contributed by atoms with E-state index in [0.29, 0.717) is 17.4 Å². The molecule has 1 N–H and O–H groups in total. The molecule has 3 amide bonds. The topological polar surface area (TPSA) is 79.6 Å². The number of thioether (sulfide) groups is 1. The fourth-order valence-electron chi connectivity index (χ4n) is 3.25. The van der Waals surface area contributed by atoms with Gasteiger partial charge in [0, 0.05) is 17.3 Å². The molecule has 1 aliphatic rings. The van der Waals surface area contributed by atoms with E-state index in [-0.39, 0.29) is 22.0 Å². The number of benzene rings is 2. The van der Waals surface area contributed by atoms with Gasteiger partial charge in [0.1, 0.15) is 18.1 Å². The Labute approximate surface area is 196 Å². The maximum Gasteiger partial charge on any atom is 0.416 e. The van der Waals surface area contributed by atoms with Crippen LogP contribution in [-0.4, -0.2) is 28.5 Å². The van der Waals surface area contributed by atoms with Crippen molar-refractivity contribution in [1.29, 1.82) is 0 Å². The molecule has 174 valence electrons. The Morgan fingerprint density at radius 2 is 1.85 bits per heavy atom. The van der Waals surface area contributed by atoms with Gasteiger partial charge in [0.25, 0.3) is 11.1 Å². The van der Waals surface area contributed by atoms with E-state index < -0.39 is 35.3 Å². The lowest BCUT2D eigenvalue weighted by Gasteiger charge is -2.13. The smallest absolute Gasteiger partial charge is 0.416 e. The number of hydrogen-bond donors (Lipinski definition) is 1. The second-order valence-corrected chi connectivity index (χ2v) is 8.40. The third kappa shape index (κ3) is 5.07. The van der Waals surface area contributed by atoms with Crippen molar-refractivity contribution in [1.82, 2.24) is 4.90 Å². The zero-order chi connectivity index (χ0) is 24.5. The van der Waals surface area contributed by atoms with E-state index in [1.54, 1.807) is 12.1 Å². The minimum Gasteiger partial charge on any atom is -0.457 e. The van der Waals surface area contributed by atoms with Crippen LogP contribution in [0.1, 0.15) is 16.9 Å². The lowest BCUT2D eigenvalue weighted by Crippen LogP contribution is -2.36. The second kappa shape index (κ2) is 9.22. The molecule has 1 aliphatic heterocycles. The van der Waals surface area contributed by atoms with Crippen molar-refractivity contribution in [2.24, 2.45) is 0 Å². The Kier molecular flexibility index (Phi) is 6.34. The average Bonchev–Trinajstić information content (AvgIpc) is 3.35. The van der Waals surface area contributed by atoms with Crippen molar-refractivity contribution in [2.45, 2.75) is 13.1 Å². The Hall–Kier alpha value is -3.79. The summed E-state index contributed by atoms with van der Waals surface area (Å²) in [5.41, 5.74) is 0.815. The normalized spacial score (nSPS) is 15.3. The molecule has 0 aliphatic carbocycles. The van der Waals surface area contributed by atoms with Gasteiger partial charge in [-0.3, -0.25) is 19.3 Å². The number of alkyl halides is 3. The monoisotopic (exact) mass is 486 g/mol. The molecule has 0 bridgehead atoms. The summed E-state index contributed by atoms with van der Waals surface area (Å²) >= 11 is 0.649. The van der Waals surface area contributed by atoms with Crippen molar-refractivity contribution in [3.05, 3.63) is 82.5 Å². The minimum absolute atomic E-state index is 0.0404. The molecular weight excluding hydrogens is 469 g/mol. The largest absolute Gasteiger partial charge is 0.457 e. The lowest BCUT2D eigenvalue weighted by molar-refractivity contribution is -0.137. The molecule has 2 aromatic carbocycles. The van der Waals surface area contributed by atoms with E-state index >= 15 is 0 Å². The summed E-state index contributed by atoms with van der Waals surface area (Å²) in [6, 6.07) is 14.7. The molecule has 34 heavy (non-hydrogen) atoms. The van der Waals surface area contributed by atoms with Gasteiger partial charge in [-0.05, 0) is 54.6 Å². The Bertz CT molecular complexity index is 1310. The number of rotatable bonds is 5. The van der Waals surface area contributed by atoms with Crippen LogP contribution in [0.5, 0.6) is 0 Å². The Balaban J connectivity index is 1.47. The molecule has 2 heterocycles. The summed E-state index contributed by atoms with van der Waals surface area (Å²) in [6.45, 7) is 1.36. The molecule has 1 saturated heterocycles. The van der Waals surface area contributed by atoms with Gasteiger partial charge in [0.05, 0.1) is 10.5 Å². The van der Waals surface area contributed by atoms with Crippen LogP contribution < -0.4 is 5.32 Å². The van der Waals surface area contributed by atoms with Crippen LogP contribution in [0.2, 0.25) is 0 Å². The van der Waals surface area contributed by atoms with Crippen LogP contribution in [0, 0.1) is 6.92 Å². The van der Waals surface area contributed by atoms with Crippen molar-refractivity contribution >= 4 is 40.6 Å². The maximum atomic E-state index is 13.0. The van der Waals surface area contributed by atoms with Crippen molar-refractivity contribution < 1.29 is 32.0 Å². The molecule has 0 spiro atoms. The Morgan fingerprint density at radius 3 is 2.59 bits per heavy atom. The number of amides is 3. The number of furan rings is 1. The van der Waals surface area contributed by atoms with Gasteiger partial charge in [0.2, 0.25) is 5.91 Å². The third-order valence-electron chi connectivity index (χ3n) is 4.97. The van der Waals surface area contributed by atoms with Gasteiger partial charge in [-0.1, -0.05) is 30.3 Å². The minimum atomic E-state index is -4.49. The highest BCUT2D eigenvalue weighted by atomic mass is 32.2. The van der Waals surface area contributed by atoms with Gasteiger partial charge in [-0.2, -0.15) is 13.2 Å². The van der Waals surface area contributed by atoms with E-state index in [1.807, 2.05) is 19.1 Å². The molecule has 0 unspecified atom stereocenters. The molecule has 0 radical (unpaired) electrons. The zero-order valence-electron chi connectivity index (χ0n) is 17.7. The summed E-state index contributed by atoms with van der Waals surface area (Å²) < 4.78 is 44.5. The highest BCUT2D eigenvalue weighted by Gasteiger charge is 2.36. The number of hydrogen-bond acceptors (Lipinski definition) is 5. The first-order valence-corrected chi connectivity index (χ1v) is 10.8. The van der Waals surface area contributed by atoms with Crippen LogP contribution in [0.4, 0.5) is 23.7 Å². The molecule has 0 saturated carbocycles. The van der Waals surface area contributed by atoms with Crippen LogP contribution in [0.3, 0.4) is 0 Å². The first-order valence-electron chi connectivity index (χ1n) is 10.00. The van der Waals surface area contributed by atoms with Gasteiger partial charge in [0.15, 0.2) is 0 Å². The predicted octanol–water partition coefficient (Wildman–Crippen LogP) is 5.95. The Morgan fingerprint density at radius 1 is 1.09 bits per heavy atom. The highest BCUT2D eigenvalue weighted by Crippen LogP contribution is 2.35. The number of aryl methyl sites for hydroxylation is 1. The van der Waals surface area contributed by atoms with Crippen LogP contribution in [0.25, 0.3) is 17.4 Å². The van der Waals surface area contributed by atoms with Gasteiger partial charge in [-0.15, -0.1) is 0 Å². The molecule has 3 aromatic rings. The third-order valence-corrected chi connectivity index (χ3v) is 5.88. The van der Waals surface area contributed by atoms with Crippen LogP contribution >= 0.6 is 11.8 Å². The summed E-state index contributed by atoms with van der Waals surface area (Å²) in [4.78, 5) is 38.2. The number of para-hydroxylation sites is 1. The molecule has 1 aromatic heterocycles. The number of nitrogens with zero attached hydrogens (tertiary/aromatic N) is 1. The molecule has 6 nitrogen and oxygen atoms in total. The molecule has 10 heteroatoms. The second-order valence-electron chi connectivity index (χ2n) is 7.41. The zero-order valence-corrected chi connectivity index (χ0v) is 18.5. The molecular formula is C24H17F3N2O4S. The maximum absolute atomic E-state index is 13.0. The van der Waals surface area contributed by atoms with Gasteiger partial charge in [-0.25, -0.2) is 0 Å². The fraction of sp³-hybridized carbons (Fsp3) is 0.125. The summed E-state index contributed by atoms with van der Waals surface area (Å²) in [7, 11) is 0. The number of anilines is 1. The van der Waals surface area contributed by atoms with E-state index in [9.17, 15) is 27.6 Å². The quantitative estimate of drug-likeness (QED) is 0.451. The van der Waals surface area contributed by atoms with Gasteiger partial charge < -0.3 is 9.73 Å². The van der Waals surface area contributed by atoms with Crippen LogP contribution in [-0.2, 0) is 15.8 Å². The molecule has 1 fully saturated rings. The number of carbonyl (C=O) groups excluding carboxylic acids is 3. The number of halogens is 3. The summed E-state index contributed by atoms with van der Waals surface area (Å²) in [5.74, 6) is -0.828. The van der Waals surface area contributed by atoms with E-state index in [1.165, 1.54) is 30.3 Å². The molecule has 4 rings (SSSR count). The standard InChI is InChI=1S/C24H17F3N2O4S/c1-14-5-2-3-8-18(14)28-21(30)13-29-22(31)20(34-23(29)32)12-17-9-10-19(33-17)15-6-4-7-16(11-15)24(25,26)27/h2-12H,13H2,1H3,(H,28,30)/b20-12+. The van der Waals surface area contributed by atoms with Gasteiger partial charge >= 0.3 is 6.18 Å². The first kappa shape index (κ1) is 23.4. The number of imide groups is 1. The highest BCUT2D eigenvalue weighted by molar-refractivity contribution is 8.18. The summed E-state index contributed by atoms with van der Waals surface area (Å²) in [6.07, 6.45) is -3.17. The predicted molar refractivity (Wildman–Crippen MR) is 122 cm³/mol. The van der Waals surface area contributed by atoms with Crippen molar-refractivity contribution in [2.75, 3.05) is 11.9 Å². The summed E-state index contributed by atoms with van der Waals surface area (Å²) in [5, 5.41) is 2.06. The van der Waals surface area contributed by atoms with Crippen LogP contribution in [0.15, 0.2) is 70.0 Å². The first-order chi connectivity index (χ1) is 16.1. The van der Waals surface area contributed by atoms with E-state index in [0.717, 1.165) is 22.6 Å². The SMILES string of the molecule is Cc1ccccc1NC(=O)CN1C(=O)S/C(=C/c2ccc(-c3cccc(C(F)(F)F)c3)o2)C1=O. The number of carbonyl (C=O) groups is 3. The average molecular weight is 486 g/mol. The van der Waals surface area contributed by atoms with Crippen molar-refractivity contribution in [3.63, 3.8) is 0 Å². The fourth-order valence-corrected chi connectivity index (χ4v) is 4.06. The van der Waals surface area contributed by atoms with E-state index in [4.69, 9.17) is 4.42 Å². The van der Waals surface area contributed by atoms with Crippen molar-refractivity contribution in [3.8, 4) is 11.3 Å². The molecule has 0 atom stereocenters. The number of nitrogens with one attached hydrogen (secondary N) is 1.